The van der Waals surface area contributed by atoms with E-state index in [0.29, 0.717) is 0 Å². The zero-order valence-electron chi connectivity index (χ0n) is 12.8. The highest BCUT2D eigenvalue weighted by atomic mass is 32.2. The van der Waals surface area contributed by atoms with Crippen LogP contribution in [0.2, 0.25) is 0 Å². The minimum Gasteiger partial charge on any atom is -0.324 e. The molecule has 22 heavy (non-hydrogen) atoms. The molecule has 1 atom stereocenters. The number of aromatic nitrogens is 1. The number of rotatable bonds is 3. The second-order valence-electron chi connectivity index (χ2n) is 5.86. The van der Waals surface area contributed by atoms with E-state index in [9.17, 15) is 0 Å². The van der Waals surface area contributed by atoms with Crippen LogP contribution in [0.1, 0.15) is 31.5 Å². The van der Waals surface area contributed by atoms with Gasteiger partial charge in [-0.1, -0.05) is 49.7 Å². The van der Waals surface area contributed by atoms with E-state index in [2.05, 4.69) is 60.0 Å². The smallest absolute Gasteiger partial charge is 0.0820 e. The Morgan fingerprint density at radius 3 is 2.77 bits per heavy atom. The molecular formula is C19H20N2S. The Balaban J connectivity index is 2.06. The number of thioether (sulfide) groups is 1. The Bertz CT molecular complexity index is 835. The first kappa shape index (κ1) is 13.9. The molecule has 2 aromatic carbocycles. The summed E-state index contributed by atoms with van der Waals surface area (Å²) in [4.78, 5) is 1.36. The van der Waals surface area contributed by atoms with Gasteiger partial charge in [-0.15, -0.1) is 11.8 Å². The van der Waals surface area contributed by atoms with Gasteiger partial charge in [-0.25, -0.2) is 0 Å². The molecular weight excluding hydrogens is 288 g/mol. The van der Waals surface area contributed by atoms with Gasteiger partial charge in [0.25, 0.3) is 0 Å². The molecule has 1 unspecified atom stereocenters. The molecule has 2 heterocycles. The van der Waals surface area contributed by atoms with Crippen molar-refractivity contribution in [3.8, 4) is 11.3 Å². The van der Waals surface area contributed by atoms with Crippen molar-refractivity contribution in [3.63, 3.8) is 0 Å². The molecule has 0 spiro atoms. The van der Waals surface area contributed by atoms with Crippen molar-refractivity contribution in [2.45, 2.75) is 36.6 Å². The maximum Gasteiger partial charge on any atom is 0.0820 e. The molecule has 112 valence electrons. The van der Waals surface area contributed by atoms with E-state index in [1.807, 2.05) is 11.8 Å². The fourth-order valence-corrected chi connectivity index (χ4v) is 4.57. The predicted molar refractivity (Wildman–Crippen MR) is 95.1 cm³/mol. The molecule has 3 aromatic rings. The van der Waals surface area contributed by atoms with Crippen LogP contribution in [0, 0.1) is 0 Å². The van der Waals surface area contributed by atoms with Gasteiger partial charge in [0, 0.05) is 21.6 Å². The zero-order chi connectivity index (χ0) is 15.1. The predicted octanol–water partition coefficient (Wildman–Crippen LogP) is 5.17. The normalized spacial score (nSPS) is 14.6. The summed E-state index contributed by atoms with van der Waals surface area (Å²) >= 11 is 1.93. The molecule has 2 N–H and O–H groups in total. The lowest BCUT2D eigenvalue weighted by atomic mass is 10.1. The molecule has 1 aliphatic rings. The molecule has 1 aliphatic heterocycles. The maximum absolute atomic E-state index is 6.55. The molecule has 3 heteroatoms. The van der Waals surface area contributed by atoms with Crippen LogP contribution in [-0.4, -0.2) is 4.57 Å². The summed E-state index contributed by atoms with van der Waals surface area (Å²) in [6.45, 7) is 2.20. The summed E-state index contributed by atoms with van der Waals surface area (Å²) in [7, 11) is 0. The Kier molecular flexibility index (Phi) is 3.47. The van der Waals surface area contributed by atoms with Crippen molar-refractivity contribution in [3.05, 3.63) is 54.1 Å². The summed E-state index contributed by atoms with van der Waals surface area (Å²) in [5.41, 5.74) is 11.9. The molecule has 0 aliphatic carbocycles. The van der Waals surface area contributed by atoms with Crippen LogP contribution >= 0.6 is 11.8 Å². The zero-order valence-corrected chi connectivity index (χ0v) is 13.6. The van der Waals surface area contributed by atoms with Crippen molar-refractivity contribution in [2.75, 3.05) is 0 Å². The summed E-state index contributed by atoms with van der Waals surface area (Å²) in [5.74, 6) is 1.03. The van der Waals surface area contributed by atoms with Crippen LogP contribution in [0.3, 0.4) is 0 Å². The third-order valence-electron chi connectivity index (χ3n) is 4.45. The highest BCUT2D eigenvalue weighted by Crippen LogP contribution is 2.46. The lowest BCUT2D eigenvalue weighted by Gasteiger charge is -2.23. The van der Waals surface area contributed by atoms with Gasteiger partial charge in [-0.05, 0) is 24.1 Å². The number of fused-ring (bicyclic) bond motifs is 5. The molecule has 0 fully saturated rings. The maximum atomic E-state index is 6.55. The SMILES string of the molecule is CCCC(N)n1c2c(c3ccccc31)CSc1ccccc1-2. The molecule has 0 saturated carbocycles. The van der Waals surface area contributed by atoms with Crippen molar-refractivity contribution in [2.24, 2.45) is 5.73 Å². The number of nitrogens with zero attached hydrogens (tertiary/aromatic N) is 1. The largest absolute Gasteiger partial charge is 0.324 e. The fourth-order valence-electron chi connectivity index (χ4n) is 3.48. The lowest BCUT2D eigenvalue weighted by Crippen LogP contribution is -2.19. The molecule has 1 aromatic heterocycles. The minimum absolute atomic E-state index is 0.0369. The van der Waals surface area contributed by atoms with E-state index in [1.165, 1.54) is 32.6 Å². The van der Waals surface area contributed by atoms with Gasteiger partial charge in [0.05, 0.1) is 17.4 Å². The van der Waals surface area contributed by atoms with Crippen LogP contribution in [0.5, 0.6) is 0 Å². The highest BCUT2D eigenvalue weighted by Gasteiger charge is 2.26. The van der Waals surface area contributed by atoms with Crippen molar-refractivity contribution >= 4 is 22.7 Å². The first-order chi connectivity index (χ1) is 10.8. The molecule has 0 radical (unpaired) electrons. The van der Waals surface area contributed by atoms with Gasteiger partial charge in [0.15, 0.2) is 0 Å². The van der Waals surface area contributed by atoms with E-state index < -0.39 is 0 Å². The first-order valence-electron chi connectivity index (χ1n) is 7.91. The van der Waals surface area contributed by atoms with Crippen LogP contribution in [0.25, 0.3) is 22.2 Å². The Labute approximate surface area is 135 Å². The van der Waals surface area contributed by atoms with Crippen molar-refractivity contribution in [1.82, 2.24) is 4.57 Å². The molecule has 0 saturated heterocycles. The Morgan fingerprint density at radius 1 is 1.14 bits per heavy atom. The van der Waals surface area contributed by atoms with Gasteiger partial charge < -0.3 is 10.3 Å². The Morgan fingerprint density at radius 2 is 1.91 bits per heavy atom. The number of hydrogen-bond donors (Lipinski definition) is 1. The summed E-state index contributed by atoms with van der Waals surface area (Å²) in [5, 5.41) is 1.35. The summed E-state index contributed by atoms with van der Waals surface area (Å²) in [6.07, 6.45) is 2.13. The van der Waals surface area contributed by atoms with Gasteiger partial charge in [-0.2, -0.15) is 0 Å². The van der Waals surface area contributed by atoms with E-state index in [0.717, 1.165) is 18.6 Å². The molecule has 4 rings (SSSR count). The molecule has 2 nitrogen and oxygen atoms in total. The van der Waals surface area contributed by atoms with Gasteiger partial charge in [0.2, 0.25) is 0 Å². The third-order valence-corrected chi connectivity index (χ3v) is 5.55. The number of para-hydroxylation sites is 1. The second kappa shape index (κ2) is 5.49. The lowest BCUT2D eigenvalue weighted by molar-refractivity contribution is 0.494. The Hall–Kier alpha value is -1.71. The van der Waals surface area contributed by atoms with E-state index >= 15 is 0 Å². The minimum atomic E-state index is 0.0369. The average Bonchev–Trinajstić information content (AvgIpc) is 2.90. The second-order valence-corrected chi connectivity index (χ2v) is 6.87. The third kappa shape index (κ3) is 2.00. The number of hydrogen-bond acceptors (Lipinski definition) is 2. The fraction of sp³-hybridized carbons (Fsp3) is 0.263. The van der Waals surface area contributed by atoms with Crippen molar-refractivity contribution < 1.29 is 0 Å². The first-order valence-corrected chi connectivity index (χ1v) is 8.89. The van der Waals surface area contributed by atoms with E-state index in [4.69, 9.17) is 5.73 Å². The van der Waals surface area contributed by atoms with Crippen LogP contribution in [0.4, 0.5) is 0 Å². The quantitative estimate of drug-likeness (QED) is 0.723. The highest BCUT2D eigenvalue weighted by molar-refractivity contribution is 7.98. The average molecular weight is 308 g/mol. The summed E-state index contributed by atoms with van der Waals surface area (Å²) < 4.78 is 2.37. The van der Waals surface area contributed by atoms with Gasteiger partial charge in [-0.3, -0.25) is 0 Å². The van der Waals surface area contributed by atoms with Crippen molar-refractivity contribution in [1.29, 1.82) is 0 Å². The monoisotopic (exact) mass is 308 g/mol. The topological polar surface area (TPSA) is 30.9 Å². The van der Waals surface area contributed by atoms with Crippen LogP contribution in [0.15, 0.2) is 53.4 Å². The molecule has 0 bridgehead atoms. The standard InChI is InChI=1S/C19H20N2S/c1-2-7-18(20)21-16-10-5-3-8-13(16)15-12-22-17-11-6-4-9-14(17)19(15)21/h3-6,8-11,18H,2,7,12,20H2,1H3. The van der Waals surface area contributed by atoms with E-state index in [-0.39, 0.29) is 6.17 Å². The van der Waals surface area contributed by atoms with Gasteiger partial charge in [0.1, 0.15) is 0 Å². The van der Waals surface area contributed by atoms with Crippen LogP contribution < -0.4 is 5.73 Å². The number of nitrogens with two attached hydrogens (primary N) is 1. The van der Waals surface area contributed by atoms with E-state index in [1.54, 1.807) is 0 Å². The molecule has 0 amide bonds. The summed E-state index contributed by atoms with van der Waals surface area (Å²) in [6, 6.07) is 17.4. The number of benzene rings is 2. The van der Waals surface area contributed by atoms with Gasteiger partial charge >= 0.3 is 0 Å². The van der Waals surface area contributed by atoms with Crippen LogP contribution in [-0.2, 0) is 5.75 Å².